The van der Waals surface area contributed by atoms with Gasteiger partial charge in [0.05, 0.1) is 12.7 Å². The molecule has 0 saturated carbocycles. The van der Waals surface area contributed by atoms with E-state index in [9.17, 15) is 4.79 Å². The van der Waals surface area contributed by atoms with Gasteiger partial charge in [0.1, 0.15) is 10.8 Å². The molecular formula is C25H29N5O2S. The Kier molecular flexibility index (Phi) is 6.83. The summed E-state index contributed by atoms with van der Waals surface area (Å²) in [7, 11) is 1.65. The van der Waals surface area contributed by atoms with Crippen LogP contribution in [0.1, 0.15) is 56.0 Å². The van der Waals surface area contributed by atoms with Gasteiger partial charge < -0.3 is 9.30 Å². The summed E-state index contributed by atoms with van der Waals surface area (Å²) in [6.07, 6.45) is 7.21. The summed E-state index contributed by atoms with van der Waals surface area (Å²) in [5.41, 5.74) is 4.10. The number of aryl methyl sites for hydroxylation is 1. The van der Waals surface area contributed by atoms with Gasteiger partial charge in [-0.15, -0.1) is 0 Å². The molecule has 2 aromatic rings. The average molecular weight is 464 g/mol. The van der Waals surface area contributed by atoms with Crippen LogP contribution in [0.5, 0.6) is 5.75 Å². The Morgan fingerprint density at radius 3 is 2.76 bits per heavy atom. The zero-order chi connectivity index (χ0) is 23.5. The van der Waals surface area contributed by atoms with Gasteiger partial charge in [0.15, 0.2) is 5.84 Å². The standard InChI is InChI=1S/C25H29N5O2S/c1-5-6-7-8-12-22-28-30-23(26)21(24(31)27-25(30)33-22)14-18-13-16(2)29(17(18)3)19-10-9-11-20(15-19)32-4/h9-11,13-15,26H,5-8,12H2,1-4H3/b21-14+,26-23?. The molecule has 1 amide bonds. The minimum absolute atomic E-state index is 0.0761. The van der Waals surface area contributed by atoms with Crippen LogP contribution in [-0.2, 0) is 4.79 Å². The van der Waals surface area contributed by atoms with E-state index in [2.05, 4.69) is 21.6 Å². The number of thioether (sulfide) groups is 1. The van der Waals surface area contributed by atoms with Gasteiger partial charge in [0.2, 0.25) is 5.17 Å². The fourth-order valence-electron chi connectivity index (χ4n) is 4.07. The molecule has 1 aromatic carbocycles. The summed E-state index contributed by atoms with van der Waals surface area (Å²) in [4.78, 5) is 17.0. The maximum absolute atomic E-state index is 12.8. The molecule has 1 N–H and O–H groups in total. The molecule has 0 unspecified atom stereocenters. The summed E-state index contributed by atoms with van der Waals surface area (Å²) in [5.74, 6) is 0.459. The molecule has 1 aromatic heterocycles. The van der Waals surface area contributed by atoms with Crippen LogP contribution in [0.4, 0.5) is 0 Å². The first-order valence-corrected chi connectivity index (χ1v) is 12.1. The molecule has 0 spiro atoms. The Bertz CT molecular complexity index is 1190. The van der Waals surface area contributed by atoms with E-state index in [0.29, 0.717) is 5.17 Å². The fourth-order valence-corrected chi connectivity index (χ4v) is 5.00. The SMILES string of the molecule is CCCCCCC1=NN2C(=N)/C(=C\c3cc(C)n(-c4cccc(OC)c4)c3C)C(=O)N=C2S1. The number of ether oxygens (including phenoxy) is 1. The number of fused-ring (bicyclic) bond motifs is 1. The number of aromatic nitrogens is 1. The first kappa shape index (κ1) is 23.0. The van der Waals surface area contributed by atoms with E-state index >= 15 is 0 Å². The van der Waals surface area contributed by atoms with Gasteiger partial charge in [0, 0.05) is 23.1 Å². The number of hydrogen-bond acceptors (Lipinski definition) is 5. The number of amides is 1. The molecule has 3 heterocycles. The predicted molar refractivity (Wildman–Crippen MR) is 136 cm³/mol. The van der Waals surface area contributed by atoms with Crippen molar-refractivity contribution in [3.05, 3.63) is 52.9 Å². The van der Waals surface area contributed by atoms with E-state index in [1.807, 2.05) is 44.2 Å². The number of nitrogens with one attached hydrogen (secondary N) is 1. The maximum atomic E-state index is 12.8. The second kappa shape index (κ2) is 9.79. The molecule has 0 fully saturated rings. The van der Waals surface area contributed by atoms with Crippen LogP contribution in [0, 0.1) is 19.3 Å². The highest BCUT2D eigenvalue weighted by molar-refractivity contribution is 8.26. The van der Waals surface area contributed by atoms with E-state index in [0.717, 1.165) is 52.7 Å². The van der Waals surface area contributed by atoms with Crippen LogP contribution < -0.4 is 4.74 Å². The number of hydrazone groups is 1. The summed E-state index contributed by atoms with van der Waals surface area (Å²) in [6, 6.07) is 9.86. The van der Waals surface area contributed by atoms with Crippen molar-refractivity contribution in [3.8, 4) is 11.4 Å². The number of methoxy groups -OCH3 is 1. The molecule has 33 heavy (non-hydrogen) atoms. The lowest BCUT2D eigenvalue weighted by atomic mass is 10.1. The molecule has 4 rings (SSSR count). The van der Waals surface area contributed by atoms with Crippen LogP contribution in [-0.4, -0.2) is 38.6 Å². The molecule has 0 aliphatic carbocycles. The van der Waals surface area contributed by atoms with E-state index in [1.54, 1.807) is 13.2 Å². The molecule has 0 radical (unpaired) electrons. The van der Waals surface area contributed by atoms with Gasteiger partial charge in [-0.1, -0.05) is 32.3 Å². The fraction of sp³-hybridized carbons (Fsp3) is 0.360. The van der Waals surface area contributed by atoms with Crippen molar-refractivity contribution in [2.75, 3.05) is 7.11 Å². The maximum Gasteiger partial charge on any atom is 0.283 e. The Balaban J connectivity index is 1.61. The summed E-state index contributed by atoms with van der Waals surface area (Å²) < 4.78 is 7.48. The number of benzene rings is 1. The van der Waals surface area contributed by atoms with Gasteiger partial charge >= 0.3 is 0 Å². The number of carbonyl (C=O) groups excluding carboxylic acids is 1. The van der Waals surface area contributed by atoms with Gasteiger partial charge in [0.25, 0.3) is 5.91 Å². The Labute approximate surface area is 198 Å². The van der Waals surface area contributed by atoms with Crippen molar-refractivity contribution >= 4 is 39.8 Å². The van der Waals surface area contributed by atoms with Crippen LogP contribution in [0.15, 0.2) is 46.0 Å². The summed E-state index contributed by atoms with van der Waals surface area (Å²) >= 11 is 1.40. The number of carbonyl (C=O) groups is 1. The second-order valence-corrected chi connectivity index (χ2v) is 9.23. The van der Waals surface area contributed by atoms with Crippen LogP contribution in [0.2, 0.25) is 0 Å². The van der Waals surface area contributed by atoms with Crippen molar-refractivity contribution in [1.29, 1.82) is 5.41 Å². The number of hydrogen-bond donors (Lipinski definition) is 1. The molecule has 172 valence electrons. The van der Waals surface area contributed by atoms with Gasteiger partial charge in [-0.25, -0.2) is 0 Å². The third-order valence-electron chi connectivity index (χ3n) is 5.82. The molecule has 0 saturated heterocycles. The van der Waals surface area contributed by atoms with Crippen LogP contribution >= 0.6 is 11.8 Å². The van der Waals surface area contributed by atoms with Gasteiger partial charge in [-0.05, 0) is 68.3 Å². The van der Waals surface area contributed by atoms with Crippen molar-refractivity contribution in [2.45, 2.75) is 52.9 Å². The van der Waals surface area contributed by atoms with Crippen LogP contribution in [0.25, 0.3) is 11.8 Å². The third-order valence-corrected chi connectivity index (χ3v) is 6.79. The van der Waals surface area contributed by atoms with E-state index in [4.69, 9.17) is 10.1 Å². The minimum Gasteiger partial charge on any atom is -0.497 e. The highest BCUT2D eigenvalue weighted by Crippen LogP contribution is 2.31. The minimum atomic E-state index is -0.396. The van der Waals surface area contributed by atoms with Crippen molar-refractivity contribution in [1.82, 2.24) is 9.58 Å². The van der Waals surface area contributed by atoms with E-state index in [1.165, 1.54) is 29.6 Å². The molecule has 2 aliphatic rings. The monoisotopic (exact) mass is 463 g/mol. The molecule has 7 nitrogen and oxygen atoms in total. The third kappa shape index (κ3) is 4.66. The zero-order valence-electron chi connectivity index (χ0n) is 19.5. The Hall–Kier alpha value is -3.13. The molecule has 0 bridgehead atoms. The first-order chi connectivity index (χ1) is 15.9. The lowest BCUT2D eigenvalue weighted by molar-refractivity contribution is -0.114. The molecular weight excluding hydrogens is 434 g/mol. The Morgan fingerprint density at radius 2 is 2.00 bits per heavy atom. The van der Waals surface area contributed by atoms with E-state index < -0.39 is 5.91 Å². The normalized spacial score (nSPS) is 16.8. The zero-order valence-corrected chi connectivity index (χ0v) is 20.3. The topological polar surface area (TPSA) is 83.0 Å². The predicted octanol–water partition coefficient (Wildman–Crippen LogP) is 5.69. The highest BCUT2D eigenvalue weighted by atomic mass is 32.2. The number of unbranched alkanes of at least 4 members (excludes halogenated alkanes) is 3. The summed E-state index contributed by atoms with van der Waals surface area (Å²) in [6.45, 7) is 6.21. The number of rotatable bonds is 8. The summed E-state index contributed by atoms with van der Waals surface area (Å²) in [5, 5.41) is 16.1. The molecule has 8 heteroatoms. The van der Waals surface area contributed by atoms with Gasteiger partial charge in [-0.3, -0.25) is 10.2 Å². The first-order valence-electron chi connectivity index (χ1n) is 11.3. The number of amidine groups is 2. The molecule has 0 atom stereocenters. The quantitative estimate of drug-likeness (QED) is 0.402. The van der Waals surface area contributed by atoms with Crippen LogP contribution in [0.3, 0.4) is 0 Å². The largest absolute Gasteiger partial charge is 0.497 e. The lowest BCUT2D eigenvalue weighted by Gasteiger charge is -2.20. The number of aliphatic imine (C=N–C) groups is 1. The van der Waals surface area contributed by atoms with E-state index in [-0.39, 0.29) is 11.4 Å². The smallest absolute Gasteiger partial charge is 0.283 e. The van der Waals surface area contributed by atoms with Crippen molar-refractivity contribution in [2.24, 2.45) is 10.1 Å². The van der Waals surface area contributed by atoms with Gasteiger partial charge in [-0.2, -0.15) is 15.1 Å². The van der Waals surface area contributed by atoms with Crippen molar-refractivity contribution < 1.29 is 9.53 Å². The molecule has 2 aliphatic heterocycles. The number of nitrogens with zero attached hydrogens (tertiary/aromatic N) is 4. The average Bonchev–Trinajstić information content (AvgIpc) is 3.34. The highest BCUT2D eigenvalue weighted by Gasteiger charge is 2.35. The van der Waals surface area contributed by atoms with Crippen molar-refractivity contribution in [3.63, 3.8) is 0 Å². The lowest BCUT2D eigenvalue weighted by Crippen LogP contribution is -2.35. The Morgan fingerprint density at radius 1 is 1.18 bits per heavy atom. The second-order valence-electron chi connectivity index (χ2n) is 8.19.